The molecule has 0 atom stereocenters. The van der Waals surface area contributed by atoms with E-state index in [1.165, 1.54) is 23.5 Å². The summed E-state index contributed by atoms with van der Waals surface area (Å²) in [5.74, 6) is -0.554. The van der Waals surface area contributed by atoms with Crippen LogP contribution >= 0.6 is 11.3 Å². The fraction of sp³-hybridized carbons (Fsp3) is 0.273. The Morgan fingerprint density at radius 3 is 2.57 bits per heavy atom. The summed E-state index contributed by atoms with van der Waals surface area (Å²) in [6.45, 7) is 8.12. The van der Waals surface area contributed by atoms with Gasteiger partial charge in [0.05, 0.1) is 34.4 Å². The van der Waals surface area contributed by atoms with Crippen molar-refractivity contribution >= 4 is 34.0 Å². The lowest BCUT2D eigenvalue weighted by Gasteiger charge is -2.23. The first-order chi connectivity index (χ1) is 14.3. The molecule has 0 saturated heterocycles. The van der Waals surface area contributed by atoms with Gasteiger partial charge < -0.3 is 4.90 Å². The Labute approximate surface area is 178 Å². The molecule has 6 nitrogen and oxygen atoms in total. The van der Waals surface area contributed by atoms with Gasteiger partial charge in [0.15, 0.2) is 5.65 Å². The SMILES string of the molecule is Cc1cc(C(=O)N(Cc2csc(C)n2)c2ccc(F)cc2)c2cnn(C(C)C)c2n1. The summed E-state index contributed by atoms with van der Waals surface area (Å²) in [5.41, 5.74) is 3.32. The van der Waals surface area contributed by atoms with E-state index >= 15 is 0 Å². The summed E-state index contributed by atoms with van der Waals surface area (Å²) in [4.78, 5) is 24.4. The summed E-state index contributed by atoms with van der Waals surface area (Å²) in [6.07, 6.45) is 1.69. The van der Waals surface area contributed by atoms with Crippen LogP contribution in [-0.2, 0) is 6.54 Å². The lowest BCUT2D eigenvalue weighted by atomic mass is 10.1. The first kappa shape index (κ1) is 20.2. The molecule has 0 aliphatic carbocycles. The molecular weight excluding hydrogens is 401 g/mol. The van der Waals surface area contributed by atoms with E-state index in [1.54, 1.807) is 29.3 Å². The molecule has 3 heterocycles. The predicted molar refractivity (Wildman–Crippen MR) is 116 cm³/mol. The Balaban J connectivity index is 1.82. The lowest BCUT2D eigenvalue weighted by molar-refractivity contribution is 0.0986. The van der Waals surface area contributed by atoms with Gasteiger partial charge in [-0.1, -0.05) is 0 Å². The van der Waals surface area contributed by atoms with Crippen molar-refractivity contribution in [1.29, 1.82) is 0 Å². The van der Waals surface area contributed by atoms with Crippen molar-refractivity contribution in [3.63, 3.8) is 0 Å². The normalized spacial score (nSPS) is 11.4. The molecule has 3 aromatic heterocycles. The summed E-state index contributed by atoms with van der Waals surface area (Å²) in [7, 11) is 0. The summed E-state index contributed by atoms with van der Waals surface area (Å²) in [6, 6.07) is 7.81. The number of fused-ring (bicyclic) bond motifs is 1. The van der Waals surface area contributed by atoms with Gasteiger partial charge >= 0.3 is 0 Å². The average Bonchev–Trinajstić information content (AvgIpc) is 3.31. The zero-order valence-corrected chi connectivity index (χ0v) is 18.1. The highest BCUT2D eigenvalue weighted by Crippen LogP contribution is 2.26. The number of rotatable bonds is 5. The third-order valence-electron chi connectivity index (χ3n) is 4.78. The number of pyridine rings is 1. The smallest absolute Gasteiger partial charge is 0.259 e. The van der Waals surface area contributed by atoms with Gasteiger partial charge in [-0.3, -0.25) is 4.79 Å². The molecule has 0 N–H and O–H groups in total. The van der Waals surface area contributed by atoms with Crippen LogP contribution in [0.15, 0.2) is 41.9 Å². The number of amides is 1. The Bertz CT molecular complexity index is 1210. The lowest BCUT2D eigenvalue weighted by Crippen LogP contribution is -2.31. The number of thiazole rings is 1. The highest BCUT2D eigenvalue weighted by Gasteiger charge is 2.24. The number of hydrogen-bond donors (Lipinski definition) is 0. The third kappa shape index (κ3) is 3.82. The minimum absolute atomic E-state index is 0.117. The van der Waals surface area contributed by atoms with Crippen LogP contribution < -0.4 is 4.90 Å². The molecule has 4 aromatic rings. The van der Waals surface area contributed by atoms with Gasteiger partial charge in [0.1, 0.15) is 5.82 Å². The Hall–Kier alpha value is -3.13. The molecule has 0 saturated carbocycles. The van der Waals surface area contributed by atoms with Crippen molar-refractivity contribution in [2.75, 3.05) is 4.90 Å². The van der Waals surface area contributed by atoms with Crippen molar-refractivity contribution in [1.82, 2.24) is 19.7 Å². The Morgan fingerprint density at radius 1 is 1.20 bits per heavy atom. The fourth-order valence-corrected chi connectivity index (χ4v) is 3.99. The summed E-state index contributed by atoms with van der Waals surface area (Å²) in [5, 5.41) is 7.99. The fourth-order valence-electron chi connectivity index (χ4n) is 3.39. The standard InChI is InChI=1S/C22H22FN5OS/c1-13(2)28-21-20(10-24-28)19(9-14(3)25-21)22(29)27(11-17-12-30-15(4)26-17)18-7-5-16(23)6-8-18/h5-10,12-13H,11H2,1-4H3. The van der Waals surface area contributed by atoms with Crippen LogP contribution in [-0.4, -0.2) is 25.7 Å². The first-order valence-electron chi connectivity index (χ1n) is 9.67. The minimum atomic E-state index is -0.351. The highest BCUT2D eigenvalue weighted by molar-refractivity contribution is 7.09. The second-order valence-electron chi connectivity index (χ2n) is 7.46. The number of benzene rings is 1. The molecule has 0 bridgehead atoms. The maximum Gasteiger partial charge on any atom is 0.259 e. The van der Waals surface area contributed by atoms with Crippen LogP contribution in [0.4, 0.5) is 10.1 Å². The second-order valence-corrected chi connectivity index (χ2v) is 8.52. The predicted octanol–water partition coefficient (Wildman–Crippen LogP) is 5.07. The van der Waals surface area contributed by atoms with E-state index < -0.39 is 0 Å². The number of nitrogens with zero attached hydrogens (tertiary/aromatic N) is 5. The van der Waals surface area contributed by atoms with Crippen LogP contribution in [0.1, 0.15) is 46.6 Å². The van der Waals surface area contributed by atoms with E-state index in [9.17, 15) is 9.18 Å². The number of anilines is 1. The molecule has 1 amide bonds. The average molecular weight is 424 g/mol. The van der Waals surface area contributed by atoms with Crippen molar-refractivity contribution in [3.05, 3.63) is 69.7 Å². The van der Waals surface area contributed by atoms with E-state index in [0.717, 1.165) is 16.4 Å². The van der Waals surface area contributed by atoms with Gasteiger partial charge in [-0.05, 0) is 58.0 Å². The Kier molecular flexibility index (Phi) is 5.34. The topological polar surface area (TPSA) is 63.9 Å². The molecular formula is C22H22FN5OS. The van der Waals surface area contributed by atoms with E-state index in [1.807, 2.05) is 37.8 Å². The summed E-state index contributed by atoms with van der Waals surface area (Å²) < 4.78 is 15.3. The molecule has 1 aromatic carbocycles. The molecule has 30 heavy (non-hydrogen) atoms. The van der Waals surface area contributed by atoms with Crippen LogP contribution in [0.3, 0.4) is 0 Å². The van der Waals surface area contributed by atoms with Crippen molar-refractivity contribution in [3.8, 4) is 0 Å². The number of aromatic nitrogens is 4. The largest absolute Gasteiger partial charge is 0.302 e. The number of aryl methyl sites for hydroxylation is 2. The molecule has 8 heteroatoms. The van der Waals surface area contributed by atoms with Gasteiger partial charge in [0.2, 0.25) is 0 Å². The molecule has 4 rings (SSSR count). The summed E-state index contributed by atoms with van der Waals surface area (Å²) >= 11 is 1.53. The zero-order chi connectivity index (χ0) is 21.4. The highest BCUT2D eigenvalue weighted by atomic mass is 32.1. The van der Waals surface area contributed by atoms with Crippen LogP contribution in [0.5, 0.6) is 0 Å². The van der Waals surface area contributed by atoms with E-state index in [2.05, 4.69) is 15.1 Å². The van der Waals surface area contributed by atoms with Gasteiger partial charge in [0.25, 0.3) is 5.91 Å². The number of hydrogen-bond acceptors (Lipinski definition) is 5. The number of carbonyl (C=O) groups excluding carboxylic acids is 1. The Morgan fingerprint density at radius 2 is 1.93 bits per heavy atom. The minimum Gasteiger partial charge on any atom is -0.302 e. The van der Waals surface area contributed by atoms with E-state index in [4.69, 9.17) is 0 Å². The molecule has 0 unspecified atom stereocenters. The van der Waals surface area contributed by atoms with Gasteiger partial charge in [0, 0.05) is 22.8 Å². The van der Waals surface area contributed by atoms with E-state index in [0.29, 0.717) is 22.3 Å². The maximum atomic E-state index is 13.7. The van der Waals surface area contributed by atoms with Crippen LogP contribution in [0.2, 0.25) is 0 Å². The van der Waals surface area contributed by atoms with Crippen LogP contribution in [0.25, 0.3) is 11.0 Å². The molecule has 0 fully saturated rings. The van der Waals surface area contributed by atoms with Crippen molar-refractivity contribution in [2.24, 2.45) is 0 Å². The molecule has 154 valence electrons. The van der Waals surface area contributed by atoms with Gasteiger partial charge in [-0.2, -0.15) is 5.10 Å². The van der Waals surface area contributed by atoms with Gasteiger partial charge in [-0.15, -0.1) is 11.3 Å². The number of halogens is 1. The molecule has 0 aliphatic rings. The quantitative estimate of drug-likeness (QED) is 0.449. The van der Waals surface area contributed by atoms with E-state index in [-0.39, 0.29) is 24.3 Å². The first-order valence-corrected chi connectivity index (χ1v) is 10.5. The van der Waals surface area contributed by atoms with Gasteiger partial charge in [-0.25, -0.2) is 19.0 Å². The number of carbonyl (C=O) groups is 1. The van der Waals surface area contributed by atoms with Crippen molar-refractivity contribution in [2.45, 2.75) is 40.3 Å². The maximum absolute atomic E-state index is 13.7. The van der Waals surface area contributed by atoms with Crippen molar-refractivity contribution < 1.29 is 9.18 Å². The molecule has 0 spiro atoms. The third-order valence-corrected chi connectivity index (χ3v) is 5.61. The van der Waals surface area contributed by atoms with Crippen LogP contribution in [0, 0.1) is 19.7 Å². The zero-order valence-electron chi connectivity index (χ0n) is 17.3. The second kappa shape index (κ2) is 7.95. The molecule has 0 radical (unpaired) electrons. The monoisotopic (exact) mass is 423 g/mol. The molecule has 0 aliphatic heterocycles.